The van der Waals surface area contributed by atoms with Crippen molar-refractivity contribution < 1.29 is 5.11 Å². The molecule has 0 saturated carbocycles. The number of hydrogen-bond acceptors (Lipinski definition) is 4. The molecule has 96 valence electrons. The van der Waals surface area contributed by atoms with Crippen LogP contribution in [0.1, 0.15) is 17.7 Å². The Labute approximate surface area is 108 Å². The number of β-amino-alcohol motifs (C(OH)–C–C–N with tert-alkyl or cyclic N) is 1. The first-order chi connectivity index (χ1) is 8.07. The van der Waals surface area contributed by atoms with Gasteiger partial charge in [-0.25, -0.2) is 0 Å². The third kappa shape index (κ3) is 3.78. The molecule has 0 amide bonds. The van der Waals surface area contributed by atoms with E-state index in [1.165, 1.54) is 4.88 Å². The van der Waals surface area contributed by atoms with E-state index < -0.39 is 5.60 Å². The second-order valence-corrected chi connectivity index (χ2v) is 6.35. The van der Waals surface area contributed by atoms with E-state index in [0.29, 0.717) is 0 Å². The van der Waals surface area contributed by atoms with Crippen molar-refractivity contribution in [1.29, 1.82) is 0 Å². The van der Waals surface area contributed by atoms with Crippen LogP contribution in [0, 0.1) is 0 Å². The van der Waals surface area contributed by atoms with E-state index in [1.807, 2.05) is 0 Å². The van der Waals surface area contributed by atoms with Crippen molar-refractivity contribution in [1.82, 2.24) is 9.80 Å². The van der Waals surface area contributed by atoms with E-state index in [1.54, 1.807) is 11.3 Å². The monoisotopic (exact) mass is 254 g/mol. The van der Waals surface area contributed by atoms with Gasteiger partial charge in [-0.3, -0.25) is 4.90 Å². The number of likely N-dealkylation sites (tertiary alicyclic amines) is 1. The Hall–Kier alpha value is -0.420. The number of nitrogens with zero attached hydrogens (tertiary/aromatic N) is 2. The Balaban J connectivity index is 1.86. The largest absolute Gasteiger partial charge is 0.387 e. The minimum atomic E-state index is -0.529. The van der Waals surface area contributed by atoms with Crippen LogP contribution in [-0.4, -0.2) is 54.2 Å². The molecule has 1 aromatic heterocycles. The third-order valence-electron chi connectivity index (χ3n) is 3.32. The van der Waals surface area contributed by atoms with E-state index in [0.717, 1.165) is 39.0 Å². The predicted octanol–water partition coefficient (Wildman–Crippen LogP) is 1.64. The smallest absolute Gasteiger partial charge is 0.0900 e. The fourth-order valence-electron chi connectivity index (χ4n) is 2.69. The minimum absolute atomic E-state index is 0.529. The predicted molar refractivity (Wildman–Crippen MR) is 72.3 cm³/mol. The molecule has 17 heavy (non-hydrogen) atoms. The summed E-state index contributed by atoms with van der Waals surface area (Å²) in [6.45, 7) is 3.59. The van der Waals surface area contributed by atoms with Gasteiger partial charge in [-0.05, 0) is 44.9 Å². The van der Waals surface area contributed by atoms with Gasteiger partial charge >= 0.3 is 0 Å². The molecule has 1 fully saturated rings. The van der Waals surface area contributed by atoms with Crippen molar-refractivity contribution >= 4 is 11.3 Å². The Kier molecular flexibility index (Phi) is 4.20. The van der Waals surface area contributed by atoms with Crippen molar-refractivity contribution in [3.63, 3.8) is 0 Å². The van der Waals surface area contributed by atoms with Crippen LogP contribution < -0.4 is 0 Å². The van der Waals surface area contributed by atoms with Crippen molar-refractivity contribution in [2.45, 2.75) is 25.0 Å². The molecule has 1 saturated heterocycles. The van der Waals surface area contributed by atoms with Crippen LogP contribution in [0.4, 0.5) is 0 Å². The summed E-state index contributed by atoms with van der Waals surface area (Å²) in [4.78, 5) is 5.81. The maximum absolute atomic E-state index is 10.6. The van der Waals surface area contributed by atoms with Gasteiger partial charge in [-0.2, -0.15) is 0 Å². The molecule has 1 aromatic rings. The first-order valence-corrected chi connectivity index (χ1v) is 7.07. The SMILES string of the molecule is CN1CCC[C@@](O)(CN(C)Cc2cccs2)C1. The lowest BCUT2D eigenvalue weighted by atomic mass is 9.92. The summed E-state index contributed by atoms with van der Waals surface area (Å²) in [6.07, 6.45) is 2.02. The lowest BCUT2D eigenvalue weighted by Gasteiger charge is -2.39. The molecule has 1 N–H and O–H groups in total. The molecular weight excluding hydrogens is 232 g/mol. The molecule has 2 rings (SSSR count). The zero-order valence-electron chi connectivity index (χ0n) is 10.7. The molecule has 0 aromatic carbocycles. The van der Waals surface area contributed by atoms with Gasteiger partial charge in [0.25, 0.3) is 0 Å². The van der Waals surface area contributed by atoms with Crippen LogP contribution in [0.25, 0.3) is 0 Å². The van der Waals surface area contributed by atoms with E-state index in [2.05, 4.69) is 41.4 Å². The fraction of sp³-hybridized carbons (Fsp3) is 0.692. The highest BCUT2D eigenvalue weighted by Crippen LogP contribution is 2.22. The summed E-state index contributed by atoms with van der Waals surface area (Å²) in [5, 5.41) is 12.7. The quantitative estimate of drug-likeness (QED) is 0.885. The van der Waals surface area contributed by atoms with Gasteiger partial charge in [0.05, 0.1) is 5.60 Å². The zero-order valence-corrected chi connectivity index (χ0v) is 11.5. The number of piperidine rings is 1. The van der Waals surface area contributed by atoms with Gasteiger partial charge in [0, 0.05) is 24.5 Å². The molecule has 0 aliphatic carbocycles. The third-order valence-corrected chi connectivity index (χ3v) is 4.18. The number of aliphatic hydroxyl groups is 1. The van der Waals surface area contributed by atoms with Crippen molar-refractivity contribution in [2.24, 2.45) is 0 Å². The van der Waals surface area contributed by atoms with Crippen molar-refractivity contribution in [3.8, 4) is 0 Å². The Morgan fingerprint density at radius 1 is 1.59 bits per heavy atom. The second-order valence-electron chi connectivity index (χ2n) is 5.32. The molecule has 0 spiro atoms. The highest BCUT2D eigenvalue weighted by Gasteiger charge is 2.32. The average molecular weight is 254 g/mol. The Morgan fingerprint density at radius 3 is 3.06 bits per heavy atom. The molecule has 1 aliphatic rings. The van der Waals surface area contributed by atoms with Crippen LogP contribution in [0.2, 0.25) is 0 Å². The summed E-state index contributed by atoms with van der Waals surface area (Å²) >= 11 is 1.78. The van der Waals surface area contributed by atoms with Gasteiger partial charge in [0.2, 0.25) is 0 Å². The summed E-state index contributed by atoms with van der Waals surface area (Å²) < 4.78 is 0. The van der Waals surface area contributed by atoms with Crippen molar-refractivity contribution in [2.75, 3.05) is 33.7 Å². The lowest BCUT2D eigenvalue weighted by molar-refractivity contribution is -0.0439. The van der Waals surface area contributed by atoms with Crippen LogP contribution in [0.3, 0.4) is 0 Å². The normalized spacial score (nSPS) is 26.6. The van der Waals surface area contributed by atoms with Gasteiger partial charge < -0.3 is 10.0 Å². The van der Waals surface area contributed by atoms with Gasteiger partial charge in [-0.1, -0.05) is 6.07 Å². The number of thiophene rings is 1. The fourth-order valence-corrected chi connectivity index (χ4v) is 3.48. The Morgan fingerprint density at radius 2 is 2.41 bits per heavy atom. The molecule has 0 unspecified atom stereocenters. The highest BCUT2D eigenvalue weighted by atomic mass is 32.1. The standard InChI is InChI=1S/C13H22N2OS/c1-14-7-4-6-13(16,10-14)11-15(2)9-12-5-3-8-17-12/h3,5,8,16H,4,6-7,9-11H2,1-2H3/t13-/m0/s1. The number of likely N-dealkylation sites (N-methyl/N-ethyl adjacent to an activating group) is 2. The van der Waals surface area contributed by atoms with E-state index in [4.69, 9.17) is 0 Å². The topological polar surface area (TPSA) is 26.7 Å². The van der Waals surface area contributed by atoms with E-state index in [9.17, 15) is 5.11 Å². The number of hydrogen-bond donors (Lipinski definition) is 1. The highest BCUT2D eigenvalue weighted by molar-refractivity contribution is 7.09. The van der Waals surface area contributed by atoms with Crippen LogP contribution >= 0.6 is 11.3 Å². The van der Waals surface area contributed by atoms with Gasteiger partial charge in [-0.15, -0.1) is 11.3 Å². The summed E-state index contributed by atoms with van der Waals surface area (Å²) in [5.74, 6) is 0. The molecule has 0 bridgehead atoms. The maximum atomic E-state index is 10.6. The average Bonchev–Trinajstić information content (AvgIpc) is 2.68. The van der Waals surface area contributed by atoms with Gasteiger partial charge in [0.1, 0.15) is 0 Å². The molecule has 1 aliphatic heterocycles. The van der Waals surface area contributed by atoms with Crippen LogP contribution in [-0.2, 0) is 6.54 Å². The molecule has 2 heterocycles. The summed E-state index contributed by atoms with van der Waals surface area (Å²) in [5.41, 5.74) is -0.529. The minimum Gasteiger partial charge on any atom is -0.387 e. The second kappa shape index (κ2) is 5.48. The molecule has 1 atom stereocenters. The lowest BCUT2D eigenvalue weighted by Crippen LogP contribution is -2.52. The van der Waals surface area contributed by atoms with Crippen LogP contribution in [0.15, 0.2) is 17.5 Å². The number of rotatable bonds is 4. The summed E-state index contributed by atoms with van der Waals surface area (Å²) in [6, 6.07) is 4.23. The maximum Gasteiger partial charge on any atom is 0.0900 e. The Bertz CT molecular complexity index is 341. The summed E-state index contributed by atoms with van der Waals surface area (Å²) in [7, 11) is 4.18. The van der Waals surface area contributed by atoms with Crippen LogP contribution in [0.5, 0.6) is 0 Å². The first-order valence-electron chi connectivity index (χ1n) is 6.19. The van der Waals surface area contributed by atoms with Crippen molar-refractivity contribution in [3.05, 3.63) is 22.4 Å². The molecule has 3 nitrogen and oxygen atoms in total. The van der Waals surface area contributed by atoms with E-state index in [-0.39, 0.29) is 0 Å². The zero-order chi connectivity index (χ0) is 12.3. The first kappa shape index (κ1) is 13.0. The molecule has 4 heteroatoms. The molecule has 0 radical (unpaired) electrons. The molecular formula is C13H22N2OS. The van der Waals surface area contributed by atoms with Gasteiger partial charge in [0.15, 0.2) is 0 Å². The van der Waals surface area contributed by atoms with E-state index >= 15 is 0 Å².